The molecule has 0 radical (unpaired) electrons. The molecule has 132 valence electrons. The summed E-state index contributed by atoms with van der Waals surface area (Å²) < 4.78 is 0. The molecule has 2 atom stereocenters. The average molecular weight is 367 g/mol. The standard InChI is InChI=1S/C19H19ClN6/c20-15-7-17-16(22-3-4-23-17)5-12(15)8-25-18-10-21-2-1-19(18)26-11-13-6-14(26)9-24-13/h1-5,7,10,13-14,24-25H,6,8-9,11H2/t13-,14-/m0/s1. The topological polar surface area (TPSA) is 66.0 Å². The van der Waals surface area contributed by atoms with Crippen molar-refractivity contribution < 1.29 is 0 Å². The van der Waals surface area contributed by atoms with Gasteiger partial charge in [-0.2, -0.15) is 0 Å². The molecule has 3 aromatic rings. The number of anilines is 2. The van der Waals surface area contributed by atoms with Gasteiger partial charge in [0.05, 0.1) is 28.6 Å². The summed E-state index contributed by atoms with van der Waals surface area (Å²) in [7, 11) is 0. The van der Waals surface area contributed by atoms with E-state index in [0.717, 1.165) is 35.4 Å². The molecule has 7 heteroatoms. The quantitative estimate of drug-likeness (QED) is 0.740. The SMILES string of the molecule is Clc1cc2nccnc2cc1CNc1cnccc1N1C[C@@H]2C[C@H]1CN2. The van der Waals surface area contributed by atoms with Crippen molar-refractivity contribution in [3.8, 4) is 0 Å². The first kappa shape index (κ1) is 15.8. The first-order chi connectivity index (χ1) is 12.8. The molecular weight excluding hydrogens is 348 g/mol. The minimum atomic E-state index is 0.572. The Bertz CT molecular complexity index is 962. The second-order valence-electron chi connectivity index (χ2n) is 6.88. The maximum Gasteiger partial charge on any atom is 0.0901 e. The molecule has 2 aliphatic heterocycles. The number of rotatable bonds is 4. The molecule has 0 spiro atoms. The number of nitrogens with zero attached hydrogens (tertiary/aromatic N) is 4. The van der Waals surface area contributed by atoms with Crippen LogP contribution in [0.3, 0.4) is 0 Å². The predicted molar refractivity (Wildman–Crippen MR) is 104 cm³/mol. The van der Waals surface area contributed by atoms with Crippen molar-refractivity contribution in [1.82, 2.24) is 20.3 Å². The van der Waals surface area contributed by atoms with Gasteiger partial charge in [-0.05, 0) is 30.2 Å². The molecule has 2 aromatic heterocycles. The molecule has 0 amide bonds. The Morgan fingerprint density at radius 3 is 2.81 bits per heavy atom. The summed E-state index contributed by atoms with van der Waals surface area (Å²) in [5, 5.41) is 7.76. The highest BCUT2D eigenvalue weighted by Crippen LogP contribution is 2.34. The molecule has 2 aliphatic rings. The van der Waals surface area contributed by atoms with E-state index in [0.29, 0.717) is 23.7 Å². The predicted octanol–water partition coefficient (Wildman–Crippen LogP) is 2.84. The van der Waals surface area contributed by atoms with Gasteiger partial charge in [0.1, 0.15) is 0 Å². The summed E-state index contributed by atoms with van der Waals surface area (Å²) in [6.45, 7) is 2.72. The lowest BCUT2D eigenvalue weighted by atomic mass is 10.1. The van der Waals surface area contributed by atoms with E-state index >= 15 is 0 Å². The van der Waals surface area contributed by atoms with Crippen molar-refractivity contribution in [1.29, 1.82) is 0 Å². The van der Waals surface area contributed by atoms with Crippen LogP contribution >= 0.6 is 11.6 Å². The first-order valence-electron chi connectivity index (χ1n) is 8.85. The van der Waals surface area contributed by atoms with E-state index in [-0.39, 0.29) is 0 Å². The smallest absolute Gasteiger partial charge is 0.0901 e. The fourth-order valence-electron chi connectivity index (χ4n) is 3.98. The van der Waals surface area contributed by atoms with Crippen LogP contribution in [0.15, 0.2) is 43.0 Å². The number of hydrogen-bond acceptors (Lipinski definition) is 6. The van der Waals surface area contributed by atoms with Gasteiger partial charge in [-0.3, -0.25) is 15.0 Å². The van der Waals surface area contributed by atoms with Crippen molar-refractivity contribution >= 4 is 34.0 Å². The van der Waals surface area contributed by atoms with Crippen LogP contribution in [0, 0.1) is 0 Å². The van der Waals surface area contributed by atoms with Gasteiger partial charge in [0.25, 0.3) is 0 Å². The number of benzene rings is 1. The lowest BCUT2D eigenvalue weighted by Gasteiger charge is -2.31. The number of piperazine rings is 1. The third-order valence-corrected chi connectivity index (χ3v) is 5.62. The van der Waals surface area contributed by atoms with Gasteiger partial charge in [-0.1, -0.05) is 11.6 Å². The van der Waals surface area contributed by atoms with E-state index < -0.39 is 0 Å². The van der Waals surface area contributed by atoms with Crippen LogP contribution in [0.4, 0.5) is 11.4 Å². The van der Waals surface area contributed by atoms with E-state index in [4.69, 9.17) is 11.6 Å². The Morgan fingerprint density at radius 1 is 1.19 bits per heavy atom. The molecule has 0 unspecified atom stereocenters. The van der Waals surface area contributed by atoms with Crippen LogP contribution in [0.2, 0.25) is 5.02 Å². The van der Waals surface area contributed by atoms with Crippen LogP contribution in [-0.4, -0.2) is 40.1 Å². The Kier molecular flexibility index (Phi) is 3.87. The summed E-state index contributed by atoms with van der Waals surface area (Å²) in [6, 6.07) is 7.14. The average Bonchev–Trinajstić information content (AvgIpc) is 3.30. The van der Waals surface area contributed by atoms with Crippen molar-refractivity contribution in [2.75, 3.05) is 23.3 Å². The van der Waals surface area contributed by atoms with E-state index in [1.165, 1.54) is 12.1 Å². The molecule has 4 heterocycles. The highest BCUT2D eigenvalue weighted by atomic mass is 35.5. The molecule has 0 aliphatic carbocycles. The highest BCUT2D eigenvalue weighted by molar-refractivity contribution is 6.32. The minimum absolute atomic E-state index is 0.572. The summed E-state index contributed by atoms with van der Waals surface area (Å²) in [5.41, 5.74) is 4.91. The molecule has 6 nitrogen and oxygen atoms in total. The molecule has 5 rings (SSSR count). The molecule has 26 heavy (non-hydrogen) atoms. The van der Waals surface area contributed by atoms with E-state index in [9.17, 15) is 0 Å². The molecule has 0 saturated carbocycles. The molecule has 2 bridgehead atoms. The summed E-state index contributed by atoms with van der Waals surface area (Å²) in [5.74, 6) is 0. The van der Waals surface area contributed by atoms with Crippen molar-refractivity contribution in [2.24, 2.45) is 0 Å². The van der Waals surface area contributed by atoms with Crippen LogP contribution in [-0.2, 0) is 6.54 Å². The van der Waals surface area contributed by atoms with Gasteiger partial charge in [0.2, 0.25) is 0 Å². The molecule has 2 N–H and O–H groups in total. The van der Waals surface area contributed by atoms with Crippen molar-refractivity contribution in [3.05, 3.63) is 53.6 Å². The maximum absolute atomic E-state index is 6.45. The van der Waals surface area contributed by atoms with Crippen molar-refractivity contribution in [2.45, 2.75) is 25.0 Å². The van der Waals surface area contributed by atoms with Gasteiger partial charge >= 0.3 is 0 Å². The van der Waals surface area contributed by atoms with Crippen LogP contribution in [0.5, 0.6) is 0 Å². The lowest BCUT2D eigenvalue weighted by molar-refractivity contribution is 0.580. The van der Waals surface area contributed by atoms with Crippen molar-refractivity contribution in [3.63, 3.8) is 0 Å². The third kappa shape index (κ3) is 2.75. The normalized spacial score (nSPS) is 21.5. The fraction of sp³-hybridized carbons (Fsp3) is 0.316. The van der Waals surface area contributed by atoms with E-state index in [2.05, 4.69) is 36.6 Å². The monoisotopic (exact) mass is 366 g/mol. The van der Waals surface area contributed by atoms with Gasteiger partial charge in [-0.15, -0.1) is 0 Å². The zero-order valence-corrected chi connectivity index (χ0v) is 14.9. The molecular formula is C19H19ClN6. The van der Waals surface area contributed by atoms with Gasteiger partial charge < -0.3 is 15.5 Å². The Morgan fingerprint density at radius 2 is 2.04 bits per heavy atom. The summed E-state index contributed by atoms with van der Waals surface area (Å²) >= 11 is 6.45. The van der Waals surface area contributed by atoms with E-state index in [1.807, 2.05) is 24.5 Å². The maximum atomic E-state index is 6.45. The Hall–Kier alpha value is -2.44. The first-order valence-corrected chi connectivity index (χ1v) is 9.23. The Balaban J connectivity index is 1.40. The highest BCUT2D eigenvalue weighted by Gasteiger charge is 2.38. The second kappa shape index (κ2) is 6.37. The van der Waals surface area contributed by atoms with Gasteiger partial charge in [-0.25, -0.2) is 0 Å². The summed E-state index contributed by atoms with van der Waals surface area (Å²) in [4.78, 5) is 15.5. The third-order valence-electron chi connectivity index (χ3n) is 5.27. The number of hydrogen-bond donors (Lipinski definition) is 2. The van der Waals surface area contributed by atoms with E-state index in [1.54, 1.807) is 12.4 Å². The Labute approximate surface area is 156 Å². The molecule has 2 fully saturated rings. The number of aromatic nitrogens is 3. The number of pyridine rings is 1. The zero-order chi connectivity index (χ0) is 17.5. The van der Waals surface area contributed by atoms with Crippen LogP contribution < -0.4 is 15.5 Å². The van der Waals surface area contributed by atoms with Crippen LogP contribution in [0.25, 0.3) is 11.0 Å². The lowest BCUT2D eigenvalue weighted by Crippen LogP contribution is -2.43. The number of nitrogens with one attached hydrogen (secondary N) is 2. The number of fused-ring (bicyclic) bond motifs is 3. The molecule has 2 saturated heterocycles. The van der Waals surface area contributed by atoms with Crippen LogP contribution in [0.1, 0.15) is 12.0 Å². The minimum Gasteiger partial charge on any atom is -0.378 e. The van der Waals surface area contributed by atoms with Gasteiger partial charge in [0, 0.05) is 55.3 Å². The largest absolute Gasteiger partial charge is 0.378 e. The fourth-order valence-corrected chi connectivity index (χ4v) is 4.21. The molecule has 1 aromatic carbocycles. The summed E-state index contributed by atoms with van der Waals surface area (Å²) in [6.07, 6.45) is 8.35. The number of halogens is 1. The zero-order valence-electron chi connectivity index (χ0n) is 14.2. The second-order valence-corrected chi connectivity index (χ2v) is 7.29. The van der Waals surface area contributed by atoms with Gasteiger partial charge in [0.15, 0.2) is 0 Å².